The Morgan fingerprint density at radius 1 is 1.00 bits per heavy atom. The number of hydrogen-bond donors (Lipinski definition) is 3. The predicted octanol–water partition coefficient (Wildman–Crippen LogP) is 3.99. The third-order valence-electron chi connectivity index (χ3n) is 5.58. The van der Waals surface area contributed by atoms with Gasteiger partial charge < -0.3 is 16.0 Å². The van der Waals surface area contributed by atoms with Crippen LogP contribution in [0.25, 0.3) is 0 Å². The Bertz CT molecular complexity index is 874. The second-order valence-corrected chi connectivity index (χ2v) is 8.86. The second-order valence-electron chi connectivity index (χ2n) is 8.86. The van der Waals surface area contributed by atoms with Crippen LogP contribution in [0.1, 0.15) is 56.7 Å². The molecule has 0 unspecified atom stereocenters. The molecule has 2 atom stereocenters. The van der Waals surface area contributed by atoms with E-state index >= 15 is 0 Å². The van der Waals surface area contributed by atoms with Crippen molar-refractivity contribution < 1.29 is 9.59 Å². The van der Waals surface area contributed by atoms with Gasteiger partial charge in [0.15, 0.2) is 0 Å². The van der Waals surface area contributed by atoms with E-state index in [4.69, 9.17) is 0 Å². The summed E-state index contributed by atoms with van der Waals surface area (Å²) < 4.78 is 0. The molecule has 30 heavy (non-hydrogen) atoms. The van der Waals surface area contributed by atoms with E-state index in [1.165, 1.54) is 16.7 Å². The highest BCUT2D eigenvalue weighted by molar-refractivity contribution is 5.98. The second kappa shape index (κ2) is 9.90. The quantitative estimate of drug-likeness (QED) is 0.650. The lowest BCUT2D eigenvalue weighted by Crippen LogP contribution is -2.53. The Labute approximate surface area is 179 Å². The van der Waals surface area contributed by atoms with E-state index in [1.807, 2.05) is 36.4 Å². The molecule has 1 heterocycles. The summed E-state index contributed by atoms with van der Waals surface area (Å²) in [5.74, 6) is 0.422. The van der Waals surface area contributed by atoms with Crippen LogP contribution in [-0.4, -0.2) is 23.9 Å². The molecule has 0 bridgehead atoms. The number of amides is 2. The summed E-state index contributed by atoms with van der Waals surface area (Å²) in [6.45, 7) is 9.05. The Balaban J connectivity index is 1.65. The van der Waals surface area contributed by atoms with Crippen molar-refractivity contribution >= 4 is 17.5 Å². The van der Waals surface area contributed by atoms with Crippen molar-refractivity contribution in [3.8, 4) is 0 Å². The highest BCUT2D eigenvalue weighted by Gasteiger charge is 2.28. The molecule has 3 N–H and O–H groups in total. The van der Waals surface area contributed by atoms with Gasteiger partial charge in [0.1, 0.15) is 6.04 Å². The van der Waals surface area contributed by atoms with E-state index in [0.29, 0.717) is 25.3 Å². The maximum atomic E-state index is 12.9. The van der Waals surface area contributed by atoms with E-state index < -0.39 is 6.04 Å². The fourth-order valence-corrected chi connectivity index (χ4v) is 3.80. The minimum atomic E-state index is -0.568. The average Bonchev–Trinajstić information content (AvgIpc) is 2.72. The van der Waals surface area contributed by atoms with Gasteiger partial charge >= 0.3 is 0 Å². The molecule has 5 heteroatoms. The highest BCUT2D eigenvalue weighted by atomic mass is 16.2. The molecule has 3 rings (SSSR count). The van der Waals surface area contributed by atoms with Crippen LogP contribution >= 0.6 is 0 Å². The molecule has 2 aromatic rings. The molecule has 0 saturated heterocycles. The van der Waals surface area contributed by atoms with Gasteiger partial charge in [-0.1, -0.05) is 64.1 Å². The van der Waals surface area contributed by atoms with Crippen LogP contribution < -0.4 is 16.0 Å². The summed E-state index contributed by atoms with van der Waals surface area (Å²) in [5, 5.41) is 9.24. The van der Waals surface area contributed by atoms with Crippen LogP contribution in [0.3, 0.4) is 0 Å². The van der Waals surface area contributed by atoms with Crippen LogP contribution in [0.5, 0.6) is 0 Å². The van der Waals surface area contributed by atoms with E-state index in [1.54, 1.807) is 0 Å². The predicted molar refractivity (Wildman–Crippen MR) is 121 cm³/mol. The SMILES string of the molecule is CC(C)C[C@H](NC(=O)[C@@H]1Cc2ccccc2CN1)C(=O)Nc1ccc(C(C)C)cc1. The van der Waals surface area contributed by atoms with Crippen LogP contribution in [0.4, 0.5) is 5.69 Å². The van der Waals surface area contributed by atoms with Gasteiger partial charge in [0.2, 0.25) is 11.8 Å². The minimum Gasteiger partial charge on any atom is -0.343 e. The van der Waals surface area contributed by atoms with Gasteiger partial charge in [0.05, 0.1) is 6.04 Å². The molecule has 0 aliphatic carbocycles. The first-order chi connectivity index (χ1) is 14.3. The molecule has 1 aliphatic heterocycles. The molecule has 0 saturated carbocycles. The van der Waals surface area contributed by atoms with Crippen molar-refractivity contribution in [2.75, 3.05) is 5.32 Å². The maximum Gasteiger partial charge on any atom is 0.246 e. The average molecular weight is 408 g/mol. The van der Waals surface area contributed by atoms with E-state index in [-0.39, 0.29) is 23.8 Å². The maximum absolute atomic E-state index is 12.9. The zero-order valence-electron chi connectivity index (χ0n) is 18.4. The molecule has 0 aromatic heterocycles. The number of carbonyl (C=O) groups excluding carboxylic acids is 2. The lowest BCUT2D eigenvalue weighted by Gasteiger charge is -2.28. The van der Waals surface area contributed by atoms with Gasteiger partial charge in [-0.15, -0.1) is 0 Å². The first kappa shape index (κ1) is 22.0. The number of fused-ring (bicyclic) bond motifs is 1. The summed E-state index contributed by atoms with van der Waals surface area (Å²) in [5.41, 5.74) is 4.38. The molecular formula is C25H33N3O2. The lowest BCUT2D eigenvalue weighted by molar-refractivity contribution is -0.128. The largest absolute Gasteiger partial charge is 0.343 e. The van der Waals surface area contributed by atoms with E-state index in [2.05, 4.69) is 55.8 Å². The summed E-state index contributed by atoms with van der Waals surface area (Å²) in [4.78, 5) is 25.9. The summed E-state index contributed by atoms with van der Waals surface area (Å²) in [6.07, 6.45) is 1.22. The summed E-state index contributed by atoms with van der Waals surface area (Å²) >= 11 is 0. The summed E-state index contributed by atoms with van der Waals surface area (Å²) in [7, 11) is 0. The molecular weight excluding hydrogens is 374 g/mol. The Morgan fingerprint density at radius 3 is 2.30 bits per heavy atom. The highest BCUT2D eigenvalue weighted by Crippen LogP contribution is 2.19. The van der Waals surface area contributed by atoms with Crippen molar-refractivity contribution in [1.82, 2.24) is 10.6 Å². The Morgan fingerprint density at radius 2 is 1.67 bits per heavy atom. The Kier molecular flexibility index (Phi) is 7.27. The number of benzene rings is 2. The fourth-order valence-electron chi connectivity index (χ4n) is 3.80. The van der Waals surface area contributed by atoms with Crippen molar-refractivity contribution in [2.24, 2.45) is 5.92 Å². The van der Waals surface area contributed by atoms with Crippen molar-refractivity contribution in [1.29, 1.82) is 0 Å². The van der Waals surface area contributed by atoms with Gasteiger partial charge in [0, 0.05) is 12.2 Å². The molecule has 0 spiro atoms. The van der Waals surface area contributed by atoms with Crippen LogP contribution in [0.2, 0.25) is 0 Å². The third-order valence-corrected chi connectivity index (χ3v) is 5.58. The molecule has 5 nitrogen and oxygen atoms in total. The standard InChI is InChI=1S/C25H33N3O2/c1-16(2)13-23(25(30)27-21-11-9-18(10-12-21)17(3)4)28-24(29)22-14-19-7-5-6-8-20(19)15-26-22/h5-12,16-17,22-23,26H,13-15H2,1-4H3,(H,27,30)(H,28,29)/t22-,23-/m0/s1. The van der Waals surface area contributed by atoms with Crippen LogP contribution in [0.15, 0.2) is 48.5 Å². The summed E-state index contributed by atoms with van der Waals surface area (Å²) in [6, 6.07) is 15.2. The van der Waals surface area contributed by atoms with Crippen molar-refractivity contribution in [3.63, 3.8) is 0 Å². The van der Waals surface area contributed by atoms with E-state index in [0.717, 1.165) is 5.69 Å². The van der Waals surface area contributed by atoms with E-state index in [9.17, 15) is 9.59 Å². The fraction of sp³-hybridized carbons (Fsp3) is 0.440. The molecule has 2 aromatic carbocycles. The van der Waals surface area contributed by atoms with Crippen LogP contribution in [0, 0.1) is 5.92 Å². The zero-order valence-corrected chi connectivity index (χ0v) is 18.4. The molecule has 160 valence electrons. The molecule has 0 radical (unpaired) electrons. The molecule has 1 aliphatic rings. The monoisotopic (exact) mass is 407 g/mol. The molecule has 2 amide bonds. The van der Waals surface area contributed by atoms with Gasteiger partial charge in [-0.3, -0.25) is 9.59 Å². The molecule has 0 fully saturated rings. The van der Waals surface area contributed by atoms with Crippen molar-refractivity contribution in [3.05, 3.63) is 65.2 Å². The Hall–Kier alpha value is -2.66. The number of rotatable bonds is 7. The third kappa shape index (κ3) is 5.70. The van der Waals surface area contributed by atoms with Gasteiger partial charge in [-0.2, -0.15) is 0 Å². The smallest absolute Gasteiger partial charge is 0.246 e. The first-order valence-electron chi connectivity index (χ1n) is 10.8. The number of anilines is 1. The van der Waals surface area contributed by atoms with Gasteiger partial charge in [0.25, 0.3) is 0 Å². The first-order valence-corrected chi connectivity index (χ1v) is 10.8. The number of nitrogens with one attached hydrogen (secondary N) is 3. The topological polar surface area (TPSA) is 70.2 Å². The number of carbonyl (C=O) groups is 2. The zero-order chi connectivity index (χ0) is 21.7. The minimum absolute atomic E-state index is 0.125. The lowest BCUT2D eigenvalue weighted by atomic mass is 9.95. The van der Waals surface area contributed by atoms with Crippen LogP contribution in [-0.2, 0) is 22.6 Å². The van der Waals surface area contributed by atoms with Gasteiger partial charge in [-0.25, -0.2) is 0 Å². The van der Waals surface area contributed by atoms with Crippen molar-refractivity contribution in [2.45, 2.75) is 65.1 Å². The normalized spacial score (nSPS) is 16.8. The number of hydrogen-bond acceptors (Lipinski definition) is 3. The van der Waals surface area contributed by atoms with Gasteiger partial charge in [-0.05, 0) is 53.5 Å².